The minimum absolute atomic E-state index is 0.152. The Bertz CT molecular complexity index is 701. The first-order valence-corrected chi connectivity index (χ1v) is 12.1. The Labute approximate surface area is 182 Å². The molecule has 3 aliphatic rings. The predicted octanol–water partition coefficient (Wildman–Crippen LogP) is 4.96. The van der Waals surface area contributed by atoms with Crippen molar-refractivity contribution < 1.29 is 9.18 Å². The Morgan fingerprint density at radius 3 is 2.52 bits per heavy atom. The van der Waals surface area contributed by atoms with Gasteiger partial charge in [-0.25, -0.2) is 9.18 Å². The lowest BCUT2D eigenvalue weighted by molar-refractivity contribution is 0.113. The number of rotatable bonds is 5. The van der Waals surface area contributed by atoms with Crippen LogP contribution in [0.4, 0.5) is 9.18 Å². The Morgan fingerprint density at radius 2 is 1.79 bits per heavy atom. The molecule has 1 aromatic rings. The van der Waals surface area contributed by atoms with Gasteiger partial charge in [0.1, 0.15) is 5.82 Å². The molecule has 1 aromatic carbocycles. The lowest BCUT2D eigenvalue weighted by atomic mass is 9.90. The molecule has 2 saturated heterocycles. The average Bonchev–Trinajstić information content (AvgIpc) is 2.73. The molecule has 0 bridgehead atoms. The van der Waals surface area contributed by atoms with Gasteiger partial charge in [0.2, 0.25) is 0 Å². The van der Waals surface area contributed by atoms with Gasteiger partial charge in [0.05, 0.1) is 0 Å². The van der Waals surface area contributed by atoms with E-state index in [-0.39, 0.29) is 17.9 Å². The molecule has 2 aliphatic heterocycles. The van der Waals surface area contributed by atoms with Gasteiger partial charge < -0.3 is 15.1 Å². The summed E-state index contributed by atoms with van der Waals surface area (Å²) in [7, 11) is 0. The van der Waals surface area contributed by atoms with E-state index in [1.165, 1.54) is 38.2 Å². The number of carbonyl (C=O) groups is 1. The molecule has 1 unspecified atom stereocenters. The minimum Gasteiger partial charge on any atom is -0.334 e. The molecule has 29 heavy (non-hydrogen) atoms. The molecule has 2 heterocycles. The number of amides is 2. The maximum atomic E-state index is 13.5. The number of carbonyl (C=O) groups excluding carboxylic acids is 1. The number of hydrogen-bond acceptors (Lipinski definition) is 2. The van der Waals surface area contributed by atoms with Crippen molar-refractivity contribution in [2.24, 2.45) is 5.92 Å². The van der Waals surface area contributed by atoms with E-state index in [2.05, 4.69) is 31.0 Å². The van der Waals surface area contributed by atoms with E-state index in [1.807, 2.05) is 6.07 Å². The summed E-state index contributed by atoms with van der Waals surface area (Å²) in [5, 5.41) is 3.27. The highest BCUT2D eigenvalue weighted by Crippen LogP contribution is 2.28. The van der Waals surface area contributed by atoms with Gasteiger partial charge in [0.15, 0.2) is 0 Å². The molecule has 1 atom stereocenters. The van der Waals surface area contributed by atoms with Crippen LogP contribution >= 0.6 is 15.9 Å². The molecule has 6 heteroatoms. The quantitative estimate of drug-likeness (QED) is 0.666. The van der Waals surface area contributed by atoms with Crippen LogP contribution in [0.3, 0.4) is 0 Å². The zero-order chi connectivity index (χ0) is 20.2. The van der Waals surface area contributed by atoms with E-state index < -0.39 is 0 Å². The van der Waals surface area contributed by atoms with Crippen molar-refractivity contribution >= 4 is 22.0 Å². The third kappa shape index (κ3) is 5.52. The minimum atomic E-state index is -0.157. The largest absolute Gasteiger partial charge is 0.334 e. The fraction of sp³-hybridized carbons (Fsp3) is 0.696. The average molecular weight is 466 g/mol. The van der Waals surface area contributed by atoms with E-state index in [0.717, 1.165) is 61.9 Å². The van der Waals surface area contributed by atoms with Gasteiger partial charge in [-0.15, -0.1) is 0 Å². The fourth-order valence-corrected chi connectivity index (χ4v) is 5.71. The lowest BCUT2D eigenvalue weighted by Gasteiger charge is -2.41. The van der Waals surface area contributed by atoms with Crippen molar-refractivity contribution in [2.45, 2.75) is 69.9 Å². The molecule has 1 saturated carbocycles. The zero-order valence-corrected chi connectivity index (χ0v) is 18.8. The molecule has 0 spiro atoms. The highest BCUT2D eigenvalue weighted by molar-refractivity contribution is 9.10. The second-order valence-corrected chi connectivity index (χ2v) is 9.96. The van der Waals surface area contributed by atoms with E-state index in [1.54, 1.807) is 6.07 Å². The third-order valence-electron chi connectivity index (χ3n) is 7.02. The summed E-state index contributed by atoms with van der Waals surface area (Å²) in [4.78, 5) is 17.2. The van der Waals surface area contributed by atoms with Gasteiger partial charge in [-0.2, -0.15) is 0 Å². The summed E-state index contributed by atoms with van der Waals surface area (Å²) in [5.41, 5.74) is 1.07. The van der Waals surface area contributed by atoms with Crippen LogP contribution in [0.15, 0.2) is 22.7 Å². The fourth-order valence-electron chi connectivity index (χ4n) is 5.30. The summed E-state index contributed by atoms with van der Waals surface area (Å²) in [5.74, 6) is 0.447. The summed E-state index contributed by atoms with van der Waals surface area (Å²) in [6, 6.07) is 5.86. The molecule has 0 radical (unpaired) electrons. The van der Waals surface area contributed by atoms with Crippen LogP contribution in [-0.2, 0) is 6.42 Å². The summed E-state index contributed by atoms with van der Waals surface area (Å²) in [6.45, 7) is 4.00. The Hall–Kier alpha value is -1.14. The van der Waals surface area contributed by atoms with Crippen molar-refractivity contribution in [3.8, 4) is 0 Å². The Morgan fingerprint density at radius 1 is 1.03 bits per heavy atom. The number of hydrogen-bond donors (Lipinski definition) is 1. The van der Waals surface area contributed by atoms with Crippen LogP contribution in [-0.4, -0.2) is 54.1 Å². The predicted molar refractivity (Wildman–Crippen MR) is 117 cm³/mol. The monoisotopic (exact) mass is 465 g/mol. The van der Waals surface area contributed by atoms with E-state index in [9.17, 15) is 9.18 Å². The summed E-state index contributed by atoms with van der Waals surface area (Å²) >= 11 is 3.55. The van der Waals surface area contributed by atoms with Crippen molar-refractivity contribution in [2.75, 3.05) is 26.2 Å². The molecular weight excluding hydrogens is 433 g/mol. The molecule has 2 amide bonds. The Kier molecular flexibility index (Phi) is 7.12. The first kappa shape index (κ1) is 21.1. The first-order valence-electron chi connectivity index (χ1n) is 11.3. The maximum absolute atomic E-state index is 13.5. The van der Waals surface area contributed by atoms with Gasteiger partial charge in [-0.3, -0.25) is 0 Å². The number of urea groups is 1. The van der Waals surface area contributed by atoms with E-state index in [0.29, 0.717) is 12.0 Å². The molecule has 3 fully saturated rings. The first-order chi connectivity index (χ1) is 14.1. The van der Waals surface area contributed by atoms with Crippen molar-refractivity contribution in [1.29, 1.82) is 0 Å². The molecule has 1 N–H and O–H groups in total. The van der Waals surface area contributed by atoms with Gasteiger partial charge in [-0.1, -0.05) is 35.2 Å². The Balaban J connectivity index is 1.21. The third-order valence-corrected chi connectivity index (χ3v) is 7.80. The number of halogens is 2. The summed E-state index contributed by atoms with van der Waals surface area (Å²) < 4.78 is 14.5. The van der Waals surface area contributed by atoms with Gasteiger partial charge in [0, 0.05) is 29.6 Å². The van der Waals surface area contributed by atoms with Crippen LogP contribution in [0.5, 0.6) is 0 Å². The van der Waals surface area contributed by atoms with Crippen molar-refractivity contribution in [3.05, 3.63) is 34.1 Å². The molecule has 4 rings (SSSR count). The summed E-state index contributed by atoms with van der Waals surface area (Å²) in [6.07, 6.45) is 10.5. The highest BCUT2D eigenvalue weighted by Gasteiger charge is 2.32. The smallest absolute Gasteiger partial charge is 0.317 e. The SMILES string of the molecule is O=C1NC(CN2CCC(Cc3cc(F)ccc3Br)CC2)CCN1C1CCCCC1. The van der Waals surface area contributed by atoms with Crippen molar-refractivity contribution in [1.82, 2.24) is 15.1 Å². The van der Waals surface area contributed by atoms with Crippen LogP contribution in [0.2, 0.25) is 0 Å². The van der Waals surface area contributed by atoms with E-state index >= 15 is 0 Å². The molecule has 160 valence electrons. The van der Waals surface area contributed by atoms with Crippen LogP contribution < -0.4 is 5.32 Å². The molecular formula is C23H33BrFN3O. The van der Waals surface area contributed by atoms with Crippen LogP contribution in [0.1, 0.15) is 56.9 Å². The molecule has 1 aliphatic carbocycles. The van der Waals surface area contributed by atoms with Gasteiger partial charge >= 0.3 is 6.03 Å². The number of piperidine rings is 1. The second kappa shape index (κ2) is 9.78. The topological polar surface area (TPSA) is 35.6 Å². The number of likely N-dealkylation sites (tertiary alicyclic amines) is 1. The van der Waals surface area contributed by atoms with E-state index in [4.69, 9.17) is 0 Å². The maximum Gasteiger partial charge on any atom is 0.317 e. The van der Waals surface area contributed by atoms with Crippen LogP contribution in [0, 0.1) is 11.7 Å². The van der Waals surface area contributed by atoms with Gasteiger partial charge in [0.25, 0.3) is 0 Å². The number of nitrogens with zero attached hydrogens (tertiary/aromatic N) is 2. The standard InChI is InChI=1S/C23H33BrFN3O/c24-22-7-6-19(25)15-18(22)14-17-8-11-27(12-9-17)16-20-10-13-28(23(29)26-20)21-4-2-1-3-5-21/h6-7,15,17,20-21H,1-5,8-14,16H2,(H,26,29). The van der Waals surface area contributed by atoms with Crippen LogP contribution in [0.25, 0.3) is 0 Å². The number of benzene rings is 1. The molecule has 0 aromatic heterocycles. The second-order valence-electron chi connectivity index (χ2n) is 9.10. The molecule has 4 nitrogen and oxygen atoms in total. The zero-order valence-electron chi connectivity index (χ0n) is 17.2. The van der Waals surface area contributed by atoms with Gasteiger partial charge in [-0.05, 0) is 81.3 Å². The normalized spacial score (nSPS) is 25.2. The lowest BCUT2D eigenvalue weighted by Crippen LogP contribution is -2.58. The van der Waals surface area contributed by atoms with Crippen molar-refractivity contribution in [3.63, 3.8) is 0 Å². The number of nitrogens with one attached hydrogen (secondary N) is 1. The highest BCUT2D eigenvalue weighted by atomic mass is 79.9.